The normalized spacial score (nSPS) is 27.3. The Kier molecular flexibility index (Phi) is 10.2. The van der Waals surface area contributed by atoms with E-state index in [4.69, 9.17) is 4.74 Å². The lowest BCUT2D eigenvalue weighted by atomic mass is 9.98. The summed E-state index contributed by atoms with van der Waals surface area (Å²) in [7, 11) is -1.49. The second kappa shape index (κ2) is 14.1. The van der Waals surface area contributed by atoms with E-state index in [1.807, 2.05) is 11.8 Å². The molecule has 1 aliphatic carbocycles. The van der Waals surface area contributed by atoms with Gasteiger partial charge in [-0.1, -0.05) is 12.1 Å². The Morgan fingerprint density at radius 2 is 1.73 bits per heavy atom. The lowest BCUT2D eigenvalue weighted by molar-refractivity contribution is -0.274. The zero-order chi connectivity index (χ0) is 34.2. The van der Waals surface area contributed by atoms with Crippen LogP contribution in [0.5, 0.6) is 5.75 Å². The van der Waals surface area contributed by atoms with Gasteiger partial charge in [0.1, 0.15) is 23.6 Å². The zero-order valence-electron chi connectivity index (χ0n) is 27.7. The summed E-state index contributed by atoms with van der Waals surface area (Å²) in [5, 5.41) is 3.33. The van der Waals surface area contributed by atoms with Gasteiger partial charge in [-0.25, -0.2) is 22.7 Å². The molecule has 11 nitrogen and oxygen atoms in total. The highest BCUT2D eigenvalue weighted by atomic mass is 32.2. The molecule has 1 aromatic heterocycles. The molecule has 5 atom stereocenters. The molecule has 2 aromatic rings. The van der Waals surface area contributed by atoms with Gasteiger partial charge in [0.05, 0.1) is 18.5 Å². The Bertz CT molecular complexity index is 1540. The van der Waals surface area contributed by atoms with Crippen LogP contribution in [0.2, 0.25) is 0 Å². The molecule has 1 unspecified atom stereocenters. The molecule has 15 heteroatoms. The zero-order valence-corrected chi connectivity index (χ0v) is 28.5. The molecule has 0 bridgehead atoms. The van der Waals surface area contributed by atoms with Gasteiger partial charge in [0.25, 0.3) is 5.91 Å². The number of anilines is 1. The van der Waals surface area contributed by atoms with Crippen LogP contribution in [0.25, 0.3) is 0 Å². The summed E-state index contributed by atoms with van der Waals surface area (Å²) >= 11 is 0. The Morgan fingerprint density at radius 1 is 1.06 bits per heavy atom. The summed E-state index contributed by atoms with van der Waals surface area (Å²) in [5.74, 6) is 1.25. The van der Waals surface area contributed by atoms with E-state index >= 15 is 0 Å². The number of halogens is 3. The highest BCUT2D eigenvalue weighted by Crippen LogP contribution is 2.42. The summed E-state index contributed by atoms with van der Waals surface area (Å²) in [6, 6.07) is 6.32. The number of hydrogen-bond donors (Lipinski definition) is 1. The van der Waals surface area contributed by atoms with Gasteiger partial charge in [-0.3, -0.25) is 9.69 Å². The summed E-state index contributed by atoms with van der Waals surface area (Å²) < 4.78 is 73.4. The monoisotopic (exact) mass is 694 g/mol. The van der Waals surface area contributed by atoms with E-state index in [9.17, 15) is 26.4 Å². The maximum atomic E-state index is 13.6. The summed E-state index contributed by atoms with van der Waals surface area (Å²) in [4.78, 5) is 26.8. The number of carbonyl (C=O) groups is 1. The standard InChI is InChI=1S/C33H45F3N6O5S/c1-21-30(32(43)41-13-11-25(12-14-41)42-18-23-15-26(16-24(23)19-42)40(2)48(3,44)45)38-20-39-31(21)37-17-28-5-4-6-29(46-28)22-7-9-27(10-8-22)47-33(34,35)36/h7-10,20,23-26,28-29H,4-6,11-19H2,1-3H3,(H,37,38,39)/t23-,24+,26?,28-,29+/m1/s1. The first-order valence-electron chi connectivity index (χ1n) is 16.8. The topological polar surface area (TPSA) is 117 Å². The van der Waals surface area contributed by atoms with Crippen molar-refractivity contribution in [2.75, 3.05) is 51.3 Å². The van der Waals surface area contributed by atoms with Crippen molar-refractivity contribution in [1.82, 2.24) is 24.1 Å². The molecule has 1 amide bonds. The van der Waals surface area contributed by atoms with Crippen LogP contribution in [0, 0.1) is 18.8 Å². The molecule has 1 N–H and O–H groups in total. The third kappa shape index (κ3) is 8.06. The van der Waals surface area contributed by atoms with Crippen molar-refractivity contribution in [3.63, 3.8) is 0 Å². The van der Waals surface area contributed by atoms with E-state index in [0.29, 0.717) is 54.6 Å². The third-order valence-corrected chi connectivity index (χ3v) is 12.0. The van der Waals surface area contributed by atoms with Crippen molar-refractivity contribution in [2.45, 2.75) is 82.5 Å². The number of fused-ring (bicyclic) bond motifs is 1. The lowest BCUT2D eigenvalue weighted by Gasteiger charge is -2.37. The number of sulfonamides is 1. The minimum Gasteiger partial charge on any atom is -0.406 e. The number of hydrogen-bond acceptors (Lipinski definition) is 9. The van der Waals surface area contributed by atoms with Gasteiger partial charge in [0, 0.05) is 57.4 Å². The molecule has 0 spiro atoms. The second-order valence-corrected chi connectivity index (χ2v) is 15.8. The fourth-order valence-corrected chi connectivity index (χ4v) is 8.70. The molecular weight excluding hydrogens is 649 g/mol. The number of likely N-dealkylation sites (tertiary alicyclic amines) is 2. The SMILES string of the molecule is Cc1c(NC[C@H]2CCC[C@@H](c3ccc(OC(F)(F)F)cc3)O2)ncnc1C(=O)N1CCC(N2C[C@H]3CC(N(C)S(C)(=O)=O)C[C@H]3C2)CC1. The van der Waals surface area contributed by atoms with Gasteiger partial charge in [0.15, 0.2) is 0 Å². The summed E-state index contributed by atoms with van der Waals surface area (Å²) in [6.07, 6.45) is 3.67. The van der Waals surface area contributed by atoms with Crippen LogP contribution in [0.1, 0.15) is 72.7 Å². The highest BCUT2D eigenvalue weighted by molar-refractivity contribution is 7.88. The molecule has 4 heterocycles. The van der Waals surface area contributed by atoms with Crippen LogP contribution < -0.4 is 10.1 Å². The fraction of sp³-hybridized carbons (Fsp3) is 0.667. The Balaban J connectivity index is 0.979. The molecule has 1 saturated carbocycles. The number of amides is 1. The molecule has 3 aliphatic heterocycles. The molecule has 0 radical (unpaired) electrons. The number of nitrogens with one attached hydrogen (secondary N) is 1. The Labute approximate surface area is 280 Å². The number of nitrogens with zero attached hydrogens (tertiary/aromatic N) is 5. The van der Waals surface area contributed by atoms with Crippen molar-refractivity contribution >= 4 is 21.7 Å². The number of aromatic nitrogens is 2. The molecule has 264 valence electrons. The number of carbonyl (C=O) groups excluding carboxylic acids is 1. The van der Waals surface area contributed by atoms with Crippen molar-refractivity contribution in [2.24, 2.45) is 11.8 Å². The summed E-state index contributed by atoms with van der Waals surface area (Å²) in [5.41, 5.74) is 1.85. The van der Waals surface area contributed by atoms with Crippen LogP contribution >= 0.6 is 0 Å². The van der Waals surface area contributed by atoms with E-state index in [-0.39, 0.29) is 29.9 Å². The van der Waals surface area contributed by atoms with E-state index in [2.05, 4.69) is 24.9 Å². The van der Waals surface area contributed by atoms with E-state index < -0.39 is 16.4 Å². The third-order valence-electron chi connectivity index (χ3n) is 10.7. The van der Waals surface area contributed by atoms with Crippen LogP contribution in [0.15, 0.2) is 30.6 Å². The minimum absolute atomic E-state index is 0.0930. The van der Waals surface area contributed by atoms with Gasteiger partial charge < -0.3 is 19.7 Å². The lowest BCUT2D eigenvalue weighted by Crippen LogP contribution is -2.47. The van der Waals surface area contributed by atoms with Crippen molar-refractivity contribution in [1.29, 1.82) is 0 Å². The molecule has 4 aliphatic rings. The molecule has 4 fully saturated rings. The number of alkyl halides is 3. The van der Waals surface area contributed by atoms with Crippen molar-refractivity contribution < 1.29 is 35.9 Å². The Hall–Kier alpha value is -3.01. The maximum Gasteiger partial charge on any atom is 0.573 e. The van der Waals surface area contributed by atoms with E-state index in [1.165, 1.54) is 24.7 Å². The number of piperidine rings is 1. The van der Waals surface area contributed by atoms with Crippen molar-refractivity contribution in [3.05, 3.63) is 47.4 Å². The predicted molar refractivity (Wildman–Crippen MR) is 173 cm³/mol. The van der Waals surface area contributed by atoms with Crippen LogP contribution in [0.4, 0.5) is 19.0 Å². The average Bonchev–Trinajstić information content (AvgIpc) is 3.63. The van der Waals surface area contributed by atoms with Crippen molar-refractivity contribution in [3.8, 4) is 5.75 Å². The van der Waals surface area contributed by atoms with Crippen LogP contribution in [0.3, 0.4) is 0 Å². The fourth-order valence-electron chi connectivity index (χ4n) is 7.99. The minimum atomic E-state index is -4.73. The number of benzene rings is 1. The molecule has 1 aromatic carbocycles. The quantitative estimate of drug-likeness (QED) is 0.402. The molecule has 3 saturated heterocycles. The largest absolute Gasteiger partial charge is 0.573 e. The Morgan fingerprint density at radius 3 is 2.35 bits per heavy atom. The van der Waals surface area contributed by atoms with Gasteiger partial charge in [-0.2, -0.15) is 0 Å². The van der Waals surface area contributed by atoms with E-state index in [0.717, 1.165) is 63.6 Å². The first kappa shape index (κ1) is 34.8. The first-order chi connectivity index (χ1) is 22.7. The smallest absolute Gasteiger partial charge is 0.406 e. The predicted octanol–water partition coefficient (Wildman–Crippen LogP) is 4.61. The summed E-state index contributed by atoms with van der Waals surface area (Å²) in [6.45, 7) is 5.60. The van der Waals surface area contributed by atoms with Crippen LogP contribution in [-0.2, 0) is 14.8 Å². The number of ether oxygens (including phenoxy) is 2. The van der Waals surface area contributed by atoms with Gasteiger partial charge in [-0.05, 0) is 81.4 Å². The number of rotatable bonds is 9. The van der Waals surface area contributed by atoms with Gasteiger partial charge >= 0.3 is 6.36 Å². The first-order valence-corrected chi connectivity index (χ1v) is 18.6. The highest BCUT2D eigenvalue weighted by Gasteiger charge is 2.45. The second-order valence-electron chi connectivity index (χ2n) is 13.8. The average molecular weight is 695 g/mol. The van der Waals surface area contributed by atoms with E-state index in [1.54, 1.807) is 23.5 Å². The van der Waals surface area contributed by atoms with Crippen LogP contribution in [-0.4, -0.2) is 109 Å². The molecule has 48 heavy (non-hydrogen) atoms. The van der Waals surface area contributed by atoms with Gasteiger partial charge in [0.2, 0.25) is 10.0 Å². The maximum absolute atomic E-state index is 13.6. The molecular formula is C33H45F3N6O5S. The van der Waals surface area contributed by atoms with Gasteiger partial charge in [-0.15, -0.1) is 13.2 Å². The molecule has 6 rings (SSSR count).